The zero-order valence-corrected chi connectivity index (χ0v) is 13.9. The Morgan fingerprint density at radius 2 is 2.00 bits per heavy atom. The molecule has 0 N–H and O–H groups in total. The van der Waals surface area contributed by atoms with Gasteiger partial charge in [-0.1, -0.05) is 11.6 Å². The summed E-state index contributed by atoms with van der Waals surface area (Å²) in [6, 6.07) is 0.160. The van der Waals surface area contributed by atoms with E-state index < -0.39 is 0 Å². The van der Waals surface area contributed by atoms with E-state index in [1.165, 1.54) is 0 Å². The van der Waals surface area contributed by atoms with Gasteiger partial charge in [-0.2, -0.15) is 0 Å². The molecule has 120 valence electrons. The molecule has 2 aliphatic heterocycles. The highest BCUT2D eigenvalue weighted by molar-refractivity contribution is 6.33. The van der Waals surface area contributed by atoms with Gasteiger partial charge in [0, 0.05) is 38.8 Å². The SMILES string of the molecule is C[C@H]1CN(C)CCN1C(=O)c1nc(N2CCCC2)ncc1Cl. The van der Waals surface area contributed by atoms with E-state index in [4.69, 9.17) is 11.6 Å². The zero-order valence-electron chi connectivity index (χ0n) is 13.1. The molecule has 22 heavy (non-hydrogen) atoms. The smallest absolute Gasteiger partial charge is 0.274 e. The van der Waals surface area contributed by atoms with Gasteiger partial charge in [0.2, 0.25) is 5.95 Å². The van der Waals surface area contributed by atoms with Crippen molar-refractivity contribution < 1.29 is 4.79 Å². The van der Waals surface area contributed by atoms with Gasteiger partial charge < -0.3 is 14.7 Å². The number of hydrogen-bond donors (Lipinski definition) is 0. The average Bonchev–Trinajstić information content (AvgIpc) is 3.01. The Labute approximate surface area is 136 Å². The molecule has 2 aliphatic rings. The molecule has 2 saturated heterocycles. The fraction of sp³-hybridized carbons (Fsp3) is 0.667. The van der Waals surface area contributed by atoms with E-state index in [9.17, 15) is 4.79 Å². The fourth-order valence-electron chi connectivity index (χ4n) is 3.15. The van der Waals surface area contributed by atoms with Crippen molar-refractivity contribution >= 4 is 23.5 Å². The Bertz CT molecular complexity index is 561. The summed E-state index contributed by atoms with van der Waals surface area (Å²) in [5.74, 6) is 0.528. The second kappa shape index (κ2) is 6.38. The number of aromatic nitrogens is 2. The first kappa shape index (κ1) is 15.5. The summed E-state index contributed by atoms with van der Waals surface area (Å²) in [4.78, 5) is 27.8. The van der Waals surface area contributed by atoms with Gasteiger partial charge in [-0.05, 0) is 26.8 Å². The van der Waals surface area contributed by atoms with E-state index in [2.05, 4.69) is 33.7 Å². The van der Waals surface area contributed by atoms with Crippen LogP contribution in [0.15, 0.2) is 6.20 Å². The molecule has 7 heteroatoms. The minimum absolute atomic E-state index is 0.0894. The maximum Gasteiger partial charge on any atom is 0.274 e. The largest absolute Gasteiger partial charge is 0.341 e. The van der Waals surface area contributed by atoms with Crippen LogP contribution >= 0.6 is 11.6 Å². The molecule has 0 spiro atoms. The first-order chi connectivity index (χ1) is 10.6. The summed E-state index contributed by atoms with van der Waals surface area (Å²) >= 11 is 6.19. The van der Waals surface area contributed by atoms with E-state index in [1.807, 2.05) is 4.90 Å². The summed E-state index contributed by atoms with van der Waals surface area (Å²) < 4.78 is 0. The molecule has 1 atom stereocenters. The van der Waals surface area contributed by atoms with E-state index in [-0.39, 0.29) is 11.9 Å². The molecule has 0 aromatic carbocycles. The third-order valence-electron chi connectivity index (χ3n) is 4.41. The molecular formula is C15H22ClN5O. The van der Waals surface area contributed by atoms with Gasteiger partial charge in [-0.25, -0.2) is 9.97 Å². The second-order valence-electron chi connectivity index (χ2n) is 6.17. The van der Waals surface area contributed by atoms with Crippen LogP contribution < -0.4 is 4.90 Å². The van der Waals surface area contributed by atoms with Crippen LogP contribution in [-0.2, 0) is 0 Å². The highest BCUT2D eigenvalue weighted by Gasteiger charge is 2.29. The molecule has 6 nitrogen and oxygen atoms in total. The van der Waals surface area contributed by atoms with Crippen molar-refractivity contribution in [1.82, 2.24) is 19.8 Å². The maximum atomic E-state index is 12.8. The maximum absolute atomic E-state index is 12.8. The molecule has 2 fully saturated rings. The normalized spacial score (nSPS) is 23.1. The number of likely N-dealkylation sites (N-methyl/N-ethyl adjacent to an activating group) is 1. The van der Waals surface area contributed by atoms with Crippen LogP contribution in [0.4, 0.5) is 5.95 Å². The average molecular weight is 324 g/mol. The summed E-state index contributed by atoms with van der Waals surface area (Å²) in [6.07, 6.45) is 3.84. The van der Waals surface area contributed by atoms with Crippen molar-refractivity contribution in [3.05, 3.63) is 16.9 Å². The lowest BCUT2D eigenvalue weighted by Crippen LogP contribution is -2.53. The Hall–Kier alpha value is -1.40. The number of carbonyl (C=O) groups excluding carboxylic acids is 1. The standard InChI is InChI=1S/C15H22ClN5O/c1-11-10-19(2)7-8-21(11)14(22)13-12(16)9-17-15(18-13)20-5-3-4-6-20/h9,11H,3-8,10H2,1-2H3/t11-/m0/s1. The highest BCUT2D eigenvalue weighted by Crippen LogP contribution is 2.22. The number of carbonyl (C=O) groups is 1. The Balaban J connectivity index is 1.83. The lowest BCUT2D eigenvalue weighted by atomic mass is 10.2. The van der Waals surface area contributed by atoms with Crippen LogP contribution in [0, 0.1) is 0 Å². The topological polar surface area (TPSA) is 52.6 Å². The molecule has 0 unspecified atom stereocenters. The van der Waals surface area contributed by atoms with Gasteiger partial charge in [-0.15, -0.1) is 0 Å². The molecule has 1 amide bonds. The monoisotopic (exact) mass is 323 g/mol. The highest BCUT2D eigenvalue weighted by atomic mass is 35.5. The molecule has 1 aromatic heterocycles. The van der Waals surface area contributed by atoms with Gasteiger partial charge in [-0.3, -0.25) is 4.79 Å². The molecule has 3 rings (SSSR count). The van der Waals surface area contributed by atoms with Crippen molar-refractivity contribution in [3.8, 4) is 0 Å². The molecule has 0 bridgehead atoms. The van der Waals surface area contributed by atoms with E-state index in [0.29, 0.717) is 23.2 Å². The van der Waals surface area contributed by atoms with Crippen molar-refractivity contribution in [2.75, 3.05) is 44.7 Å². The number of hydrogen-bond acceptors (Lipinski definition) is 5. The second-order valence-corrected chi connectivity index (χ2v) is 6.58. The lowest BCUT2D eigenvalue weighted by molar-refractivity contribution is 0.0528. The molecule has 0 radical (unpaired) electrons. The van der Waals surface area contributed by atoms with Crippen LogP contribution in [0.25, 0.3) is 0 Å². The lowest BCUT2D eigenvalue weighted by Gasteiger charge is -2.38. The zero-order chi connectivity index (χ0) is 15.7. The molecular weight excluding hydrogens is 302 g/mol. The number of nitrogens with zero attached hydrogens (tertiary/aromatic N) is 5. The van der Waals surface area contributed by atoms with E-state index in [1.54, 1.807) is 6.20 Å². The third kappa shape index (κ3) is 3.03. The predicted molar refractivity (Wildman–Crippen MR) is 86.5 cm³/mol. The van der Waals surface area contributed by atoms with Crippen LogP contribution in [0.1, 0.15) is 30.3 Å². The molecule has 3 heterocycles. The van der Waals surface area contributed by atoms with Crippen LogP contribution in [-0.4, -0.2) is 71.5 Å². The molecule has 0 aliphatic carbocycles. The van der Waals surface area contributed by atoms with Gasteiger partial charge >= 0.3 is 0 Å². The Kier molecular flexibility index (Phi) is 4.49. The predicted octanol–water partition coefficient (Wildman–Crippen LogP) is 1.51. The van der Waals surface area contributed by atoms with Gasteiger partial charge in [0.05, 0.1) is 11.2 Å². The Morgan fingerprint density at radius 3 is 2.68 bits per heavy atom. The number of anilines is 1. The molecule has 0 saturated carbocycles. The van der Waals surface area contributed by atoms with Gasteiger partial charge in [0.25, 0.3) is 5.91 Å². The third-order valence-corrected chi connectivity index (χ3v) is 4.69. The van der Waals surface area contributed by atoms with Gasteiger partial charge in [0.15, 0.2) is 5.69 Å². The summed E-state index contributed by atoms with van der Waals surface area (Å²) in [6.45, 7) is 6.39. The van der Waals surface area contributed by atoms with Crippen LogP contribution in [0.3, 0.4) is 0 Å². The van der Waals surface area contributed by atoms with E-state index in [0.717, 1.165) is 39.0 Å². The van der Waals surface area contributed by atoms with E-state index >= 15 is 0 Å². The van der Waals surface area contributed by atoms with Crippen LogP contribution in [0.2, 0.25) is 5.02 Å². The molecule has 1 aromatic rings. The first-order valence-corrected chi connectivity index (χ1v) is 8.21. The summed E-state index contributed by atoms with van der Waals surface area (Å²) in [7, 11) is 2.07. The van der Waals surface area contributed by atoms with Crippen molar-refractivity contribution in [3.63, 3.8) is 0 Å². The minimum Gasteiger partial charge on any atom is -0.341 e. The number of halogens is 1. The number of piperazine rings is 1. The van der Waals surface area contributed by atoms with Gasteiger partial charge in [0.1, 0.15) is 0 Å². The number of amides is 1. The number of rotatable bonds is 2. The van der Waals surface area contributed by atoms with Crippen molar-refractivity contribution in [1.29, 1.82) is 0 Å². The van der Waals surface area contributed by atoms with Crippen molar-refractivity contribution in [2.45, 2.75) is 25.8 Å². The van der Waals surface area contributed by atoms with Crippen LogP contribution in [0.5, 0.6) is 0 Å². The fourth-order valence-corrected chi connectivity index (χ4v) is 3.33. The quantitative estimate of drug-likeness (QED) is 0.825. The summed E-state index contributed by atoms with van der Waals surface area (Å²) in [5, 5.41) is 0.332. The van der Waals surface area contributed by atoms with Crippen molar-refractivity contribution in [2.24, 2.45) is 0 Å². The summed E-state index contributed by atoms with van der Waals surface area (Å²) in [5.41, 5.74) is 0.329. The Morgan fingerprint density at radius 1 is 1.27 bits per heavy atom. The first-order valence-electron chi connectivity index (χ1n) is 7.83. The minimum atomic E-state index is -0.0894.